The Kier molecular flexibility index (Phi) is 5.44. The van der Waals surface area contributed by atoms with Crippen molar-refractivity contribution in [1.29, 1.82) is 0 Å². The second kappa shape index (κ2) is 6.41. The van der Waals surface area contributed by atoms with Crippen LogP contribution in [0.15, 0.2) is 0 Å². The monoisotopic (exact) mass is 267 g/mol. The largest absolute Gasteiger partial charge is 0.481 e. The lowest BCUT2D eigenvalue weighted by molar-refractivity contribution is -0.192. The van der Waals surface area contributed by atoms with Crippen LogP contribution >= 0.6 is 0 Å². The molecule has 0 radical (unpaired) electrons. The molecule has 0 aromatic carbocycles. The predicted molar refractivity (Wildman–Crippen MR) is 61.2 cm³/mol. The van der Waals surface area contributed by atoms with Gasteiger partial charge in [0.05, 0.1) is 0 Å². The number of halogens is 3. The molecule has 106 valence electrons. The zero-order chi connectivity index (χ0) is 13.8. The molecule has 0 amide bonds. The van der Waals surface area contributed by atoms with Gasteiger partial charge in [-0.25, -0.2) is 0 Å². The molecule has 0 heterocycles. The number of alkyl halides is 3. The van der Waals surface area contributed by atoms with Crippen LogP contribution in [-0.4, -0.2) is 29.8 Å². The third-order valence-electron chi connectivity index (χ3n) is 3.73. The quantitative estimate of drug-likeness (QED) is 0.805. The third kappa shape index (κ3) is 4.48. The van der Waals surface area contributed by atoms with Crippen molar-refractivity contribution in [2.75, 3.05) is 6.54 Å². The molecule has 1 rings (SSSR count). The van der Waals surface area contributed by atoms with Gasteiger partial charge in [-0.15, -0.1) is 0 Å². The summed E-state index contributed by atoms with van der Waals surface area (Å²) in [5, 5.41) is 11.3. The molecule has 6 heteroatoms. The van der Waals surface area contributed by atoms with Gasteiger partial charge in [0.25, 0.3) is 0 Å². The highest BCUT2D eigenvalue weighted by Crippen LogP contribution is 2.28. The zero-order valence-corrected chi connectivity index (χ0v) is 10.5. The molecule has 1 aliphatic carbocycles. The molecule has 3 nitrogen and oxygen atoms in total. The van der Waals surface area contributed by atoms with Gasteiger partial charge in [-0.2, -0.15) is 13.2 Å². The second-order valence-electron chi connectivity index (χ2n) is 4.97. The maximum Gasteiger partial charge on any atom is 0.403 e. The number of carboxylic acid groups (broad SMARTS) is 1. The van der Waals surface area contributed by atoms with Crippen LogP contribution in [0.4, 0.5) is 13.2 Å². The van der Waals surface area contributed by atoms with Crippen molar-refractivity contribution >= 4 is 5.97 Å². The van der Waals surface area contributed by atoms with Crippen molar-refractivity contribution in [1.82, 2.24) is 5.32 Å². The Labute approximate surface area is 105 Å². The minimum absolute atomic E-state index is 0.0250. The molecule has 0 spiro atoms. The molecule has 1 aliphatic rings. The first-order chi connectivity index (χ1) is 8.34. The van der Waals surface area contributed by atoms with E-state index < -0.39 is 24.6 Å². The van der Waals surface area contributed by atoms with Crippen molar-refractivity contribution in [2.24, 2.45) is 11.8 Å². The number of rotatable bonds is 5. The Morgan fingerprint density at radius 3 is 2.28 bits per heavy atom. The molecule has 2 N–H and O–H groups in total. The van der Waals surface area contributed by atoms with Gasteiger partial charge in [0.2, 0.25) is 0 Å². The van der Waals surface area contributed by atoms with E-state index in [0.717, 1.165) is 32.1 Å². The van der Waals surface area contributed by atoms with Crippen LogP contribution in [0.2, 0.25) is 0 Å². The number of hydrogen-bond acceptors (Lipinski definition) is 2. The lowest BCUT2D eigenvalue weighted by Gasteiger charge is -2.29. The maximum absolute atomic E-state index is 12.4. The summed E-state index contributed by atoms with van der Waals surface area (Å²) in [7, 11) is 0. The predicted octanol–water partition coefficient (Wildman–Crippen LogP) is 2.81. The summed E-state index contributed by atoms with van der Waals surface area (Å²) < 4.78 is 37.3. The van der Waals surface area contributed by atoms with E-state index in [-0.39, 0.29) is 6.04 Å². The first-order valence-corrected chi connectivity index (χ1v) is 6.37. The van der Waals surface area contributed by atoms with E-state index in [1.807, 2.05) is 0 Å². The molecule has 1 atom stereocenters. The standard InChI is InChI=1S/C12H20F3NO2/c1-2-8-3-5-9(6-4-8)16-7-10(11(17)18)12(13,14)15/h8-10,16H,2-7H2,1H3,(H,17,18). The Morgan fingerprint density at radius 1 is 1.33 bits per heavy atom. The molecule has 0 bridgehead atoms. The van der Waals surface area contributed by atoms with Gasteiger partial charge >= 0.3 is 12.1 Å². The van der Waals surface area contributed by atoms with E-state index in [4.69, 9.17) is 5.11 Å². The fraction of sp³-hybridized carbons (Fsp3) is 0.917. The van der Waals surface area contributed by atoms with E-state index in [9.17, 15) is 18.0 Å². The fourth-order valence-corrected chi connectivity index (χ4v) is 2.40. The van der Waals surface area contributed by atoms with Gasteiger partial charge in [-0.1, -0.05) is 13.3 Å². The molecule has 1 fully saturated rings. The van der Waals surface area contributed by atoms with Gasteiger partial charge in [-0.05, 0) is 31.6 Å². The minimum atomic E-state index is -4.68. The van der Waals surface area contributed by atoms with Gasteiger partial charge in [0, 0.05) is 12.6 Å². The smallest absolute Gasteiger partial charge is 0.403 e. The maximum atomic E-state index is 12.4. The van der Waals surface area contributed by atoms with Crippen LogP contribution in [0.5, 0.6) is 0 Å². The van der Waals surface area contributed by atoms with Crippen LogP contribution in [0, 0.1) is 11.8 Å². The topological polar surface area (TPSA) is 49.3 Å². The number of carboxylic acids is 1. The Hall–Kier alpha value is -0.780. The lowest BCUT2D eigenvalue weighted by Crippen LogP contribution is -2.43. The van der Waals surface area contributed by atoms with E-state index in [0.29, 0.717) is 5.92 Å². The van der Waals surface area contributed by atoms with Gasteiger partial charge in [-0.3, -0.25) is 4.79 Å². The fourth-order valence-electron chi connectivity index (χ4n) is 2.40. The minimum Gasteiger partial charge on any atom is -0.481 e. The van der Waals surface area contributed by atoms with Crippen LogP contribution < -0.4 is 5.32 Å². The molecule has 0 aromatic heterocycles. The Morgan fingerprint density at radius 2 is 1.89 bits per heavy atom. The van der Waals surface area contributed by atoms with E-state index >= 15 is 0 Å². The molecule has 0 aromatic rings. The molecule has 0 saturated heterocycles. The van der Waals surface area contributed by atoms with Crippen LogP contribution in [-0.2, 0) is 4.79 Å². The summed E-state index contributed by atoms with van der Waals surface area (Å²) in [5.41, 5.74) is 0. The molecule has 1 saturated carbocycles. The van der Waals surface area contributed by atoms with Crippen molar-refractivity contribution in [3.63, 3.8) is 0 Å². The van der Waals surface area contributed by atoms with Crippen LogP contribution in [0.3, 0.4) is 0 Å². The Bertz CT molecular complexity index is 273. The van der Waals surface area contributed by atoms with Crippen LogP contribution in [0.1, 0.15) is 39.0 Å². The van der Waals surface area contributed by atoms with Gasteiger partial charge in [0.1, 0.15) is 0 Å². The SMILES string of the molecule is CCC1CCC(NCC(C(=O)O)C(F)(F)F)CC1. The van der Waals surface area contributed by atoms with Crippen molar-refractivity contribution in [3.8, 4) is 0 Å². The normalized spacial score (nSPS) is 26.9. The highest BCUT2D eigenvalue weighted by Gasteiger charge is 2.45. The van der Waals surface area contributed by atoms with Crippen molar-refractivity contribution in [2.45, 2.75) is 51.2 Å². The first-order valence-electron chi connectivity index (χ1n) is 6.37. The van der Waals surface area contributed by atoms with Gasteiger partial charge in [0.15, 0.2) is 5.92 Å². The Balaban J connectivity index is 2.38. The first kappa shape index (κ1) is 15.3. The summed E-state index contributed by atoms with van der Waals surface area (Å²) >= 11 is 0. The van der Waals surface area contributed by atoms with Crippen molar-refractivity contribution < 1.29 is 23.1 Å². The van der Waals surface area contributed by atoms with E-state index in [1.54, 1.807) is 0 Å². The van der Waals surface area contributed by atoms with E-state index in [1.165, 1.54) is 0 Å². The highest BCUT2D eigenvalue weighted by atomic mass is 19.4. The average molecular weight is 267 g/mol. The van der Waals surface area contributed by atoms with E-state index in [2.05, 4.69) is 12.2 Å². The lowest BCUT2D eigenvalue weighted by atomic mass is 9.84. The third-order valence-corrected chi connectivity index (χ3v) is 3.73. The summed E-state index contributed by atoms with van der Waals surface area (Å²) in [6.45, 7) is 1.59. The summed E-state index contributed by atoms with van der Waals surface area (Å²) in [6, 6.07) is 0.0250. The molecule has 0 aliphatic heterocycles. The molecular weight excluding hydrogens is 247 g/mol. The zero-order valence-electron chi connectivity index (χ0n) is 10.5. The number of aliphatic carboxylic acids is 1. The molecular formula is C12H20F3NO2. The van der Waals surface area contributed by atoms with Crippen molar-refractivity contribution in [3.05, 3.63) is 0 Å². The molecule has 1 unspecified atom stereocenters. The van der Waals surface area contributed by atoms with Crippen LogP contribution in [0.25, 0.3) is 0 Å². The number of carbonyl (C=O) groups is 1. The summed E-state index contributed by atoms with van der Waals surface area (Å²) in [6.07, 6.45) is 0.119. The van der Waals surface area contributed by atoms with Gasteiger partial charge < -0.3 is 10.4 Å². The highest BCUT2D eigenvalue weighted by molar-refractivity contribution is 5.71. The average Bonchev–Trinajstić information content (AvgIpc) is 2.28. The second-order valence-corrected chi connectivity index (χ2v) is 4.97. The number of hydrogen-bond donors (Lipinski definition) is 2. The number of nitrogens with one attached hydrogen (secondary N) is 1. The molecule has 18 heavy (non-hydrogen) atoms. The summed E-state index contributed by atoms with van der Waals surface area (Å²) in [5.74, 6) is -3.44. The summed E-state index contributed by atoms with van der Waals surface area (Å²) in [4.78, 5) is 10.6.